The lowest BCUT2D eigenvalue weighted by atomic mass is 9.97. The normalized spacial score (nSPS) is 22.1. The van der Waals surface area contributed by atoms with Crippen molar-refractivity contribution in [1.29, 1.82) is 0 Å². The number of aromatic nitrogens is 4. The number of alkyl halides is 2. The van der Waals surface area contributed by atoms with E-state index >= 15 is 0 Å². The van der Waals surface area contributed by atoms with E-state index in [2.05, 4.69) is 32.2 Å². The molecular formula is C23H25Cl2F2N7. The van der Waals surface area contributed by atoms with Crippen molar-refractivity contribution in [2.24, 2.45) is 0 Å². The first-order valence-electron chi connectivity index (χ1n) is 11.5. The fourth-order valence-corrected chi connectivity index (χ4v) is 5.56. The van der Waals surface area contributed by atoms with Crippen LogP contribution in [0.3, 0.4) is 0 Å². The Morgan fingerprint density at radius 3 is 2.50 bits per heavy atom. The van der Waals surface area contributed by atoms with Crippen molar-refractivity contribution in [2.45, 2.75) is 50.1 Å². The molecule has 1 saturated carbocycles. The van der Waals surface area contributed by atoms with Gasteiger partial charge >= 0.3 is 0 Å². The van der Waals surface area contributed by atoms with Gasteiger partial charge in [0.15, 0.2) is 5.15 Å². The third-order valence-electron chi connectivity index (χ3n) is 7.28. The molecule has 1 aromatic carbocycles. The SMILES string of the molecule is CC1(n2ncc(Nc3ncc4cc(Cl)c(N5CCC(N6CC(F)(F)C6)CC5)cc4n3)c2Cl)CC1. The molecule has 0 radical (unpaired) electrons. The third-order valence-corrected chi connectivity index (χ3v) is 7.95. The molecule has 0 atom stereocenters. The van der Waals surface area contributed by atoms with E-state index in [0.717, 1.165) is 55.4 Å². The summed E-state index contributed by atoms with van der Waals surface area (Å²) < 4.78 is 28.3. The number of nitrogens with one attached hydrogen (secondary N) is 1. The Balaban J connectivity index is 1.19. The molecule has 1 N–H and O–H groups in total. The second-order valence-electron chi connectivity index (χ2n) is 9.92. The summed E-state index contributed by atoms with van der Waals surface area (Å²) >= 11 is 13.1. The number of piperidine rings is 1. The van der Waals surface area contributed by atoms with Gasteiger partial charge in [-0.15, -0.1) is 0 Å². The van der Waals surface area contributed by atoms with Crippen molar-refractivity contribution in [1.82, 2.24) is 24.6 Å². The molecule has 6 rings (SSSR count). The van der Waals surface area contributed by atoms with Gasteiger partial charge in [-0.2, -0.15) is 5.10 Å². The Morgan fingerprint density at radius 2 is 1.82 bits per heavy atom. The van der Waals surface area contributed by atoms with E-state index in [4.69, 9.17) is 23.2 Å². The van der Waals surface area contributed by atoms with Gasteiger partial charge in [0, 0.05) is 30.7 Å². The van der Waals surface area contributed by atoms with Crippen molar-refractivity contribution in [3.63, 3.8) is 0 Å². The number of halogens is 4. The average Bonchev–Trinajstić information content (AvgIpc) is 3.43. The van der Waals surface area contributed by atoms with Gasteiger partial charge < -0.3 is 10.2 Å². The fraction of sp³-hybridized carbons (Fsp3) is 0.522. The molecule has 0 amide bonds. The quantitative estimate of drug-likeness (QED) is 0.505. The lowest BCUT2D eigenvalue weighted by Gasteiger charge is -2.47. The van der Waals surface area contributed by atoms with E-state index in [1.165, 1.54) is 0 Å². The van der Waals surface area contributed by atoms with Gasteiger partial charge in [-0.05, 0) is 44.7 Å². The van der Waals surface area contributed by atoms with Crippen LogP contribution in [0.2, 0.25) is 10.2 Å². The van der Waals surface area contributed by atoms with Crippen LogP contribution in [0.4, 0.5) is 26.1 Å². The number of anilines is 3. The molecule has 2 aromatic heterocycles. The first-order chi connectivity index (χ1) is 16.2. The summed E-state index contributed by atoms with van der Waals surface area (Å²) in [6.45, 7) is 3.42. The molecule has 2 saturated heterocycles. The van der Waals surface area contributed by atoms with Crippen LogP contribution >= 0.6 is 23.2 Å². The molecule has 3 fully saturated rings. The summed E-state index contributed by atoms with van der Waals surface area (Å²) in [5.74, 6) is -2.09. The molecule has 0 bridgehead atoms. The molecular weight excluding hydrogens is 483 g/mol. The molecule has 0 spiro atoms. The van der Waals surface area contributed by atoms with Crippen molar-refractivity contribution in [2.75, 3.05) is 36.4 Å². The largest absolute Gasteiger partial charge is 0.370 e. The van der Waals surface area contributed by atoms with Crippen LogP contribution in [0.25, 0.3) is 10.9 Å². The van der Waals surface area contributed by atoms with Gasteiger partial charge in [0.1, 0.15) is 0 Å². The summed E-state index contributed by atoms with van der Waals surface area (Å²) in [7, 11) is 0. The van der Waals surface area contributed by atoms with Gasteiger partial charge in [0.2, 0.25) is 5.95 Å². The predicted octanol–water partition coefficient (Wildman–Crippen LogP) is 5.31. The standard InChI is InChI=1S/C23H25Cl2F2N7/c1-22(4-5-22)34-20(25)18(11-29-34)31-21-28-10-14-8-16(24)19(9-17(14)30-21)32-6-2-15(3-7-32)33-12-23(26,27)13-33/h8-11,15H,2-7,12-13H2,1H3,(H,28,30,31). The summed E-state index contributed by atoms with van der Waals surface area (Å²) in [4.78, 5) is 13.2. The lowest BCUT2D eigenvalue weighted by Crippen LogP contribution is -2.61. The highest BCUT2D eigenvalue weighted by Crippen LogP contribution is 2.45. The third kappa shape index (κ3) is 3.97. The first-order valence-corrected chi connectivity index (χ1v) is 12.3. The number of benzene rings is 1. The van der Waals surface area contributed by atoms with Gasteiger partial charge in [-0.1, -0.05) is 23.2 Å². The Kier molecular flexibility index (Phi) is 5.17. The molecule has 3 aliphatic rings. The fourth-order valence-electron chi connectivity index (χ4n) is 4.93. The maximum absolute atomic E-state index is 13.2. The predicted molar refractivity (Wildman–Crippen MR) is 130 cm³/mol. The summed E-state index contributed by atoms with van der Waals surface area (Å²) in [5, 5.41) is 9.63. The number of nitrogens with zero attached hydrogens (tertiary/aromatic N) is 6. The maximum atomic E-state index is 13.2. The zero-order valence-corrected chi connectivity index (χ0v) is 20.3. The average molecular weight is 508 g/mol. The minimum atomic E-state index is -2.52. The Morgan fingerprint density at radius 1 is 1.09 bits per heavy atom. The number of hydrogen-bond donors (Lipinski definition) is 1. The molecule has 180 valence electrons. The van der Waals surface area contributed by atoms with E-state index < -0.39 is 5.92 Å². The summed E-state index contributed by atoms with van der Waals surface area (Å²) in [6.07, 6.45) is 7.23. The first kappa shape index (κ1) is 22.2. The molecule has 34 heavy (non-hydrogen) atoms. The minimum absolute atomic E-state index is 0.00310. The highest BCUT2D eigenvalue weighted by Gasteiger charge is 2.47. The minimum Gasteiger partial charge on any atom is -0.370 e. The zero-order valence-electron chi connectivity index (χ0n) is 18.7. The Labute approximate surface area is 206 Å². The van der Waals surface area contributed by atoms with Crippen molar-refractivity contribution < 1.29 is 8.78 Å². The van der Waals surface area contributed by atoms with Crippen LogP contribution in [0.15, 0.2) is 24.5 Å². The highest BCUT2D eigenvalue weighted by molar-refractivity contribution is 6.34. The van der Waals surface area contributed by atoms with E-state index in [-0.39, 0.29) is 24.7 Å². The van der Waals surface area contributed by atoms with Gasteiger partial charge in [-0.25, -0.2) is 23.4 Å². The van der Waals surface area contributed by atoms with Gasteiger partial charge in [0.25, 0.3) is 5.92 Å². The molecule has 3 aromatic rings. The number of hydrogen-bond acceptors (Lipinski definition) is 6. The van der Waals surface area contributed by atoms with E-state index in [9.17, 15) is 8.78 Å². The van der Waals surface area contributed by atoms with Crippen LogP contribution in [0.5, 0.6) is 0 Å². The number of rotatable bonds is 5. The summed E-state index contributed by atoms with van der Waals surface area (Å²) in [5.41, 5.74) is 2.33. The molecule has 11 heteroatoms. The van der Waals surface area contributed by atoms with Crippen LogP contribution in [-0.2, 0) is 5.54 Å². The lowest BCUT2D eigenvalue weighted by molar-refractivity contribution is -0.148. The second-order valence-corrected chi connectivity index (χ2v) is 10.7. The Hall–Kier alpha value is -2.23. The van der Waals surface area contributed by atoms with E-state index in [1.807, 2.05) is 21.7 Å². The smallest absolute Gasteiger partial charge is 0.272 e. The van der Waals surface area contributed by atoms with Crippen LogP contribution < -0.4 is 10.2 Å². The topological polar surface area (TPSA) is 62.1 Å². The van der Waals surface area contributed by atoms with Crippen LogP contribution in [0, 0.1) is 0 Å². The number of likely N-dealkylation sites (tertiary alicyclic amines) is 1. The van der Waals surface area contributed by atoms with Crippen molar-refractivity contribution in [3.05, 3.63) is 34.7 Å². The molecule has 7 nitrogen and oxygen atoms in total. The van der Waals surface area contributed by atoms with E-state index in [0.29, 0.717) is 21.8 Å². The van der Waals surface area contributed by atoms with E-state index in [1.54, 1.807) is 12.4 Å². The maximum Gasteiger partial charge on any atom is 0.272 e. The second kappa shape index (κ2) is 7.90. The van der Waals surface area contributed by atoms with Crippen LogP contribution in [0.1, 0.15) is 32.6 Å². The van der Waals surface area contributed by atoms with Gasteiger partial charge in [-0.3, -0.25) is 4.90 Å². The van der Waals surface area contributed by atoms with Crippen molar-refractivity contribution in [3.8, 4) is 0 Å². The van der Waals surface area contributed by atoms with Gasteiger partial charge in [0.05, 0.1) is 46.7 Å². The molecule has 2 aliphatic heterocycles. The van der Waals surface area contributed by atoms with Crippen molar-refractivity contribution >= 4 is 51.4 Å². The van der Waals surface area contributed by atoms with Crippen LogP contribution in [-0.4, -0.2) is 62.8 Å². The molecule has 0 unspecified atom stereocenters. The Bertz CT molecular complexity index is 1240. The monoisotopic (exact) mass is 507 g/mol. The molecule has 4 heterocycles. The summed E-state index contributed by atoms with van der Waals surface area (Å²) in [6, 6.07) is 4.05. The zero-order chi connectivity index (χ0) is 23.7. The highest BCUT2D eigenvalue weighted by atomic mass is 35.5. The number of fused-ring (bicyclic) bond motifs is 1. The molecule has 1 aliphatic carbocycles.